The van der Waals surface area contributed by atoms with E-state index in [1.807, 2.05) is 56.0 Å². The highest BCUT2D eigenvalue weighted by Gasteiger charge is 2.39. The molecule has 3 aliphatic rings. The van der Waals surface area contributed by atoms with Gasteiger partial charge in [-0.1, -0.05) is 31.6 Å². The number of nitrogens with zero attached hydrogens (tertiary/aromatic N) is 9. The molecule has 17 nitrogen and oxygen atoms in total. The molecule has 4 aromatic heterocycles. The van der Waals surface area contributed by atoms with Crippen molar-refractivity contribution < 1.29 is 24.0 Å². The molecule has 2 saturated heterocycles. The molecular formula is C41H46N12O5S. The predicted molar refractivity (Wildman–Crippen MR) is 221 cm³/mol. The van der Waals surface area contributed by atoms with E-state index >= 15 is 0 Å². The molecule has 0 radical (unpaired) electrons. The summed E-state index contributed by atoms with van der Waals surface area (Å²) in [5, 5.41) is 22.9. The van der Waals surface area contributed by atoms with Gasteiger partial charge in [-0.15, -0.1) is 10.2 Å². The Morgan fingerprint density at radius 2 is 1.80 bits per heavy atom. The van der Waals surface area contributed by atoms with Gasteiger partial charge in [0.1, 0.15) is 16.7 Å². The van der Waals surface area contributed by atoms with Crippen molar-refractivity contribution in [3.63, 3.8) is 0 Å². The average Bonchev–Trinajstić information content (AvgIpc) is 3.97. The SMILES string of the molecule is Cc1cc(NC(=O)Nc2cnc3ccnn3c2C(C)C)cnc1-c1nnc(CCCCCC(=O)N2CCN(c3ccc4c(c3)CN(C3CCC(=O)NC3=O)C4=O)CC2)s1. The standard InChI is InChI=1S/C41H46N12O5S/c1-24(2)37-30(22-42-32-13-14-44-53(32)37)46-41(58)45-27-19-25(3)36(43-21-27)39-49-48-34(59-39)7-5-4-6-8-35(55)51-17-15-50(16-18-51)28-9-10-29-26(20-28)23-52(40(29)57)31-11-12-33(54)47-38(31)56/h9-10,13-14,19-22,24,31H,4-8,11-12,15-18,23H2,1-3H3,(H2,45,46,58)(H,47,54,56). The Morgan fingerprint density at radius 1 is 0.966 bits per heavy atom. The van der Waals surface area contributed by atoms with Crippen LogP contribution in [0.5, 0.6) is 0 Å². The van der Waals surface area contributed by atoms with E-state index in [1.54, 1.807) is 28.0 Å². The van der Waals surface area contributed by atoms with Gasteiger partial charge in [0, 0.05) is 69.3 Å². The summed E-state index contributed by atoms with van der Waals surface area (Å²) >= 11 is 1.50. The molecule has 306 valence electrons. The fourth-order valence-corrected chi connectivity index (χ4v) is 8.95. The smallest absolute Gasteiger partial charge is 0.323 e. The molecule has 1 atom stereocenters. The summed E-state index contributed by atoms with van der Waals surface area (Å²) in [5.41, 5.74) is 6.71. The molecule has 0 bridgehead atoms. The first-order valence-corrected chi connectivity index (χ1v) is 20.8. The summed E-state index contributed by atoms with van der Waals surface area (Å²) in [5.74, 6) is -0.641. The first kappa shape index (κ1) is 39.5. The van der Waals surface area contributed by atoms with Crippen LogP contribution in [0.4, 0.5) is 21.9 Å². The second-order valence-corrected chi connectivity index (χ2v) is 16.5. The maximum Gasteiger partial charge on any atom is 0.323 e. The van der Waals surface area contributed by atoms with Gasteiger partial charge in [0.05, 0.1) is 35.7 Å². The number of unbranched alkanes of at least 4 members (excludes halogenated alkanes) is 2. The maximum atomic E-state index is 13.1. The van der Waals surface area contributed by atoms with Gasteiger partial charge < -0.3 is 25.3 Å². The van der Waals surface area contributed by atoms with Gasteiger partial charge in [-0.3, -0.25) is 29.5 Å². The first-order chi connectivity index (χ1) is 28.5. The van der Waals surface area contributed by atoms with Crippen LogP contribution in [0.25, 0.3) is 16.3 Å². The van der Waals surface area contributed by atoms with Crippen LogP contribution in [0.15, 0.2) is 48.9 Å². The Hall–Kier alpha value is -6.30. The number of carbonyl (C=O) groups excluding carboxylic acids is 5. The quantitative estimate of drug-likeness (QED) is 0.114. The van der Waals surface area contributed by atoms with Crippen LogP contribution in [-0.4, -0.2) is 101 Å². The van der Waals surface area contributed by atoms with E-state index in [4.69, 9.17) is 0 Å². The van der Waals surface area contributed by atoms with Gasteiger partial charge in [-0.05, 0) is 67.5 Å². The number of pyridine rings is 1. The number of anilines is 3. The molecule has 8 rings (SSSR count). The van der Waals surface area contributed by atoms with E-state index in [9.17, 15) is 24.0 Å². The normalized spacial score (nSPS) is 16.8. The van der Waals surface area contributed by atoms with Crippen molar-refractivity contribution in [2.24, 2.45) is 0 Å². The minimum atomic E-state index is -0.638. The number of hydrogen-bond acceptors (Lipinski definition) is 12. The van der Waals surface area contributed by atoms with E-state index < -0.39 is 18.0 Å². The van der Waals surface area contributed by atoms with Crippen LogP contribution in [0.3, 0.4) is 0 Å². The van der Waals surface area contributed by atoms with Crippen LogP contribution < -0.4 is 20.9 Å². The average molecular weight is 819 g/mol. The number of nitrogens with one attached hydrogen (secondary N) is 3. The van der Waals surface area contributed by atoms with E-state index in [2.05, 4.69) is 46.1 Å². The van der Waals surface area contributed by atoms with Gasteiger partial charge in [0.25, 0.3) is 5.91 Å². The molecule has 2 fully saturated rings. The minimum Gasteiger partial charge on any atom is -0.368 e. The second kappa shape index (κ2) is 16.9. The highest BCUT2D eigenvalue weighted by Crippen LogP contribution is 2.32. The molecule has 0 spiro atoms. The molecule has 0 aliphatic carbocycles. The van der Waals surface area contributed by atoms with Crippen LogP contribution in [-0.2, 0) is 27.3 Å². The number of urea groups is 1. The predicted octanol–water partition coefficient (Wildman–Crippen LogP) is 4.93. The molecule has 1 unspecified atom stereocenters. The lowest BCUT2D eigenvalue weighted by Gasteiger charge is -2.36. The van der Waals surface area contributed by atoms with Crippen LogP contribution >= 0.6 is 11.3 Å². The van der Waals surface area contributed by atoms with Crippen molar-refractivity contribution in [2.75, 3.05) is 41.7 Å². The number of carbonyl (C=O) groups is 5. The molecular weight excluding hydrogens is 773 g/mol. The van der Waals surface area contributed by atoms with Gasteiger partial charge >= 0.3 is 6.03 Å². The van der Waals surface area contributed by atoms with Crippen molar-refractivity contribution in [1.82, 2.24) is 44.9 Å². The Bertz CT molecular complexity index is 2440. The molecule has 3 N–H and O–H groups in total. The van der Waals surface area contributed by atoms with E-state index in [0.717, 1.165) is 53.2 Å². The lowest BCUT2D eigenvalue weighted by Crippen LogP contribution is -2.52. The number of hydrogen-bond donors (Lipinski definition) is 3. The van der Waals surface area contributed by atoms with Crippen molar-refractivity contribution in [2.45, 2.75) is 84.2 Å². The highest BCUT2D eigenvalue weighted by atomic mass is 32.1. The number of amides is 6. The summed E-state index contributed by atoms with van der Waals surface area (Å²) in [6, 6.07) is 8.39. The number of rotatable bonds is 12. The number of piperidine rings is 1. The summed E-state index contributed by atoms with van der Waals surface area (Å²) in [4.78, 5) is 77.8. The first-order valence-electron chi connectivity index (χ1n) is 20.0. The van der Waals surface area contributed by atoms with E-state index in [-0.39, 0.29) is 30.1 Å². The third kappa shape index (κ3) is 8.48. The third-order valence-electron chi connectivity index (χ3n) is 11.0. The zero-order valence-corrected chi connectivity index (χ0v) is 34.0. The van der Waals surface area contributed by atoms with Crippen LogP contribution in [0, 0.1) is 6.92 Å². The number of imide groups is 1. The molecule has 3 aliphatic heterocycles. The number of aromatic nitrogens is 6. The fourth-order valence-electron chi connectivity index (χ4n) is 8.00. The zero-order valence-electron chi connectivity index (χ0n) is 33.2. The maximum absolute atomic E-state index is 13.1. The number of piperazine rings is 1. The third-order valence-corrected chi connectivity index (χ3v) is 12.0. The van der Waals surface area contributed by atoms with Crippen LogP contribution in [0.1, 0.15) is 90.5 Å². The van der Waals surface area contributed by atoms with Crippen LogP contribution in [0.2, 0.25) is 0 Å². The number of aryl methyl sites for hydroxylation is 2. The van der Waals surface area contributed by atoms with Gasteiger partial charge in [-0.2, -0.15) is 5.10 Å². The van der Waals surface area contributed by atoms with Crippen molar-refractivity contribution >= 4 is 63.7 Å². The summed E-state index contributed by atoms with van der Waals surface area (Å²) in [6.45, 7) is 8.97. The van der Waals surface area contributed by atoms with E-state index in [1.165, 1.54) is 11.3 Å². The molecule has 5 aromatic rings. The monoisotopic (exact) mass is 818 g/mol. The lowest BCUT2D eigenvalue weighted by molar-refractivity contribution is -0.137. The Morgan fingerprint density at radius 3 is 2.58 bits per heavy atom. The van der Waals surface area contributed by atoms with Gasteiger partial charge in [0.2, 0.25) is 17.7 Å². The topological polar surface area (TPSA) is 200 Å². The molecule has 6 amide bonds. The van der Waals surface area contributed by atoms with Crippen molar-refractivity contribution in [1.29, 1.82) is 0 Å². The second-order valence-electron chi connectivity index (χ2n) is 15.5. The number of fused-ring (bicyclic) bond motifs is 2. The van der Waals surface area contributed by atoms with E-state index in [0.29, 0.717) is 78.9 Å². The van der Waals surface area contributed by atoms with Crippen molar-refractivity contribution in [3.8, 4) is 10.7 Å². The van der Waals surface area contributed by atoms with Gasteiger partial charge in [0.15, 0.2) is 10.7 Å². The Kier molecular flexibility index (Phi) is 11.3. The summed E-state index contributed by atoms with van der Waals surface area (Å²) in [6.07, 6.45) is 9.33. The highest BCUT2D eigenvalue weighted by molar-refractivity contribution is 7.14. The Balaban J connectivity index is 0.754. The summed E-state index contributed by atoms with van der Waals surface area (Å²) in [7, 11) is 0. The number of benzene rings is 1. The fraction of sp³-hybridized carbons (Fsp3) is 0.415. The molecule has 0 saturated carbocycles. The zero-order chi connectivity index (χ0) is 41.2. The molecule has 59 heavy (non-hydrogen) atoms. The molecule has 18 heteroatoms. The largest absolute Gasteiger partial charge is 0.368 e. The van der Waals surface area contributed by atoms with Gasteiger partial charge in [-0.25, -0.2) is 14.3 Å². The lowest BCUT2D eigenvalue weighted by atomic mass is 10.0. The Labute approximate surface area is 344 Å². The molecule has 1 aromatic carbocycles. The minimum absolute atomic E-state index is 0.102. The van der Waals surface area contributed by atoms with Crippen molar-refractivity contribution in [3.05, 3.63) is 76.3 Å². The molecule has 7 heterocycles. The summed E-state index contributed by atoms with van der Waals surface area (Å²) < 4.78 is 1.73.